The quantitative estimate of drug-likeness (QED) is 0.215. The fraction of sp³-hybridized carbons (Fsp3) is 0.474. The molecule has 47 heavy (non-hydrogen) atoms. The highest BCUT2D eigenvalue weighted by atomic mass is 16.5. The van der Waals surface area contributed by atoms with Gasteiger partial charge in [-0.05, 0) is 54.3 Å². The molecule has 252 valence electrons. The molecule has 2 aliphatic heterocycles. The van der Waals surface area contributed by atoms with Crippen molar-refractivity contribution in [3.05, 3.63) is 83.4 Å². The van der Waals surface area contributed by atoms with E-state index in [9.17, 15) is 14.7 Å². The van der Waals surface area contributed by atoms with Crippen LogP contribution in [0.1, 0.15) is 48.8 Å². The van der Waals surface area contributed by atoms with Crippen molar-refractivity contribution in [1.29, 1.82) is 0 Å². The smallest absolute Gasteiger partial charge is 0.308 e. The van der Waals surface area contributed by atoms with Crippen LogP contribution in [-0.4, -0.2) is 93.5 Å². The van der Waals surface area contributed by atoms with E-state index in [0.29, 0.717) is 37.6 Å². The summed E-state index contributed by atoms with van der Waals surface area (Å²) in [5.74, 6) is 0.228. The molecule has 0 aromatic heterocycles. The van der Waals surface area contributed by atoms with E-state index >= 15 is 0 Å². The van der Waals surface area contributed by atoms with Gasteiger partial charge in [0.15, 0.2) is 11.5 Å². The summed E-state index contributed by atoms with van der Waals surface area (Å²) in [6.45, 7) is 5.09. The highest BCUT2D eigenvalue weighted by molar-refractivity contribution is 5.95. The van der Waals surface area contributed by atoms with Crippen molar-refractivity contribution in [3.63, 3.8) is 0 Å². The lowest BCUT2D eigenvalue weighted by Crippen LogP contribution is -2.45. The highest BCUT2D eigenvalue weighted by Gasteiger charge is 2.47. The molecule has 3 aromatic rings. The van der Waals surface area contributed by atoms with Gasteiger partial charge in [-0.3, -0.25) is 14.5 Å². The van der Waals surface area contributed by atoms with E-state index in [2.05, 4.69) is 51.2 Å². The third kappa shape index (κ3) is 8.45. The van der Waals surface area contributed by atoms with Gasteiger partial charge in [0.1, 0.15) is 12.3 Å². The molecule has 2 aliphatic rings. The Hall–Kier alpha value is -4.08. The van der Waals surface area contributed by atoms with Crippen LogP contribution in [-0.2, 0) is 22.6 Å². The van der Waals surface area contributed by atoms with Crippen molar-refractivity contribution in [2.45, 2.75) is 51.1 Å². The summed E-state index contributed by atoms with van der Waals surface area (Å²) in [6.07, 6.45) is 3.09. The molecule has 3 atom stereocenters. The van der Waals surface area contributed by atoms with Crippen molar-refractivity contribution >= 4 is 17.6 Å². The van der Waals surface area contributed by atoms with E-state index < -0.39 is 17.9 Å². The molecular weight excluding hydrogens is 594 g/mol. The van der Waals surface area contributed by atoms with Crippen LogP contribution >= 0.6 is 0 Å². The molecule has 2 heterocycles. The van der Waals surface area contributed by atoms with Gasteiger partial charge in [0.25, 0.3) is 0 Å². The number of likely N-dealkylation sites (tertiary alicyclic amines) is 1. The topological polar surface area (TPSA) is 88.5 Å². The van der Waals surface area contributed by atoms with Crippen LogP contribution in [0.15, 0.2) is 66.7 Å². The van der Waals surface area contributed by atoms with Crippen molar-refractivity contribution in [2.75, 3.05) is 66.0 Å². The fourth-order valence-electron chi connectivity index (χ4n) is 7.00. The summed E-state index contributed by atoms with van der Waals surface area (Å²) in [4.78, 5) is 31.3. The minimum Gasteiger partial charge on any atom is -0.493 e. The van der Waals surface area contributed by atoms with Crippen LogP contribution in [0.25, 0.3) is 0 Å². The molecule has 5 rings (SSSR count). The molecular formula is C38H50N3O6+. The summed E-state index contributed by atoms with van der Waals surface area (Å²) in [5.41, 5.74) is 4.14. The van der Waals surface area contributed by atoms with Gasteiger partial charge in [-0.1, -0.05) is 49.7 Å². The predicted molar refractivity (Wildman–Crippen MR) is 183 cm³/mol. The SMILES string of the molecule is CCCCN(C(=O)CN1C[C@H](c2ccc3c(c2)CCO3)[C@@H](C(=O)O)[C@@H]1CCOc1ccccc1OC)c1cccc(C[N+](C)(C)C)c1. The van der Waals surface area contributed by atoms with Crippen molar-refractivity contribution < 1.29 is 33.4 Å². The number of anilines is 1. The first-order valence-electron chi connectivity index (χ1n) is 16.8. The number of unbranched alkanes of at least 4 members (excludes halogenated alkanes) is 1. The van der Waals surface area contributed by atoms with E-state index in [1.165, 1.54) is 5.56 Å². The van der Waals surface area contributed by atoms with Crippen LogP contribution in [0.2, 0.25) is 0 Å². The number of nitrogens with zero attached hydrogens (tertiary/aromatic N) is 3. The predicted octanol–water partition coefficient (Wildman–Crippen LogP) is 5.61. The first-order chi connectivity index (χ1) is 22.6. The molecule has 0 aliphatic carbocycles. The third-order valence-corrected chi connectivity index (χ3v) is 9.17. The van der Waals surface area contributed by atoms with Gasteiger partial charge in [-0.25, -0.2) is 0 Å². The molecule has 1 N–H and O–H groups in total. The van der Waals surface area contributed by atoms with Crippen LogP contribution in [0.5, 0.6) is 17.2 Å². The summed E-state index contributed by atoms with van der Waals surface area (Å²) in [7, 11) is 8.06. The lowest BCUT2D eigenvalue weighted by Gasteiger charge is -2.30. The number of benzene rings is 3. The zero-order valence-electron chi connectivity index (χ0n) is 28.5. The Kier molecular flexibility index (Phi) is 11.1. The largest absolute Gasteiger partial charge is 0.493 e. The molecule has 9 heteroatoms. The lowest BCUT2D eigenvalue weighted by molar-refractivity contribution is -0.884. The normalized spacial score (nSPS) is 19.2. The van der Waals surface area contributed by atoms with E-state index in [1.54, 1.807) is 7.11 Å². The van der Waals surface area contributed by atoms with E-state index in [0.717, 1.165) is 52.9 Å². The third-order valence-electron chi connectivity index (χ3n) is 9.17. The zero-order valence-corrected chi connectivity index (χ0v) is 28.5. The second kappa shape index (κ2) is 15.2. The number of carboxylic acids is 1. The van der Waals surface area contributed by atoms with Crippen LogP contribution in [0.4, 0.5) is 5.69 Å². The molecule has 0 radical (unpaired) electrons. The van der Waals surface area contributed by atoms with Crippen molar-refractivity contribution in [2.24, 2.45) is 5.92 Å². The summed E-state index contributed by atoms with van der Waals surface area (Å²) in [6, 6.07) is 21.3. The molecule has 1 fully saturated rings. The summed E-state index contributed by atoms with van der Waals surface area (Å²) in [5, 5.41) is 10.7. The van der Waals surface area contributed by atoms with Crippen molar-refractivity contribution in [1.82, 2.24) is 4.90 Å². The number of amides is 1. The van der Waals surface area contributed by atoms with Gasteiger partial charge in [-0.15, -0.1) is 0 Å². The van der Waals surface area contributed by atoms with Gasteiger partial charge in [-0.2, -0.15) is 0 Å². The fourth-order valence-corrected chi connectivity index (χ4v) is 7.00. The Morgan fingerprint density at radius 2 is 1.83 bits per heavy atom. The molecule has 1 amide bonds. The average molecular weight is 645 g/mol. The van der Waals surface area contributed by atoms with Gasteiger partial charge >= 0.3 is 5.97 Å². The van der Waals surface area contributed by atoms with Crippen LogP contribution < -0.4 is 19.1 Å². The maximum atomic E-state index is 14.3. The van der Waals surface area contributed by atoms with E-state index in [-0.39, 0.29) is 25.0 Å². The maximum Gasteiger partial charge on any atom is 0.308 e. The summed E-state index contributed by atoms with van der Waals surface area (Å²) < 4.78 is 18.1. The van der Waals surface area contributed by atoms with E-state index in [4.69, 9.17) is 14.2 Å². The molecule has 0 bridgehead atoms. The Bertz CT molecular complexity index is 1540. The number of hydrogen-bond donors (Lipinski definition) is 1. The zero-order chi connectivity index (χ0) is 33.6. The first kappa shape index (κ1) is 34.3. The molecule has 0 saturated carbocycles. The molecule has 3 aromatic carbocycles. The van der Waals surface area contributed by atoms with Gasteiger partial charge in [0, 0.05) is 42.7 Å². The Morgan fingerprint density at radius 3 is 2.55 bits per heavy atom. The van der Waals surface area contributed by atoms with Crippen LogP contribution in [0.3, 0.4) is 0 Å². The van der Waals surface area contributed by atoms with Crippen molar-refractivity contribution in [3.8, 4) is 17.2 Å². The number of aliphatic carboxylic acids is 1. The number of methoxy groups -OCH3 is 1. The number of quaternary nitrogens is 1. The number of para-hydroxylation sites is 2. The molecule has 0 unspecified atom stereocenters. The minimum absolute atomic E-state index is 0.0244. The monoisotopic (exact) mass is 644 g/mol. The maximum absolute atomic E-state index is 14.3. The van der Waals surface area contributed by atoms with Gasteiger partial charge < -0.3 is 28.7 Å². The number of carbonyl (C=O) groups is 2. The first-order valence-corrected chi connectivity index (χ1v) is 16.8. The number of carboxylic acid groups (broad SMARTS) is 1. The molecule has 1 saturated heterocycles. The van der Waals surface area contributed by atoms with Gasteiger partial charge in [0.05, 0.1) is 53.9 Å². The lowest BCUT2D eigenvalue weighted by atomic mass is 9.83. The Labute approximate surface area is 279 Å². The minimum atomic E-state index is -0.861. The standard InChI is InChI=1S/C38H49N3O6/c1-6-7-19-40(30-12-10-11-27(22-30)26-41(2,3)4)36(42)25-39-24-31(28-15-16-33-29(23-28)17-20-46-33)37(38(43)44)32(39)18-21-47-35-14-9-8-13-34(35)45-5/h8-16,22-23,31-32,37H,6-7,17-21,24-26H2,1-5H3/p+1/t31-,32+,37-/m1/s1. The number of carbonyl (C=O) groups excluding carboxylic acids is 1. The second-order valence-corrected chi connectivity index (χ2v) is 13.7. The van der Waals surface area contributed by atoms with Gasteiger partial charge in [0.2, 0.25) is 5.91 Å². The molecule has 0 spiro atoms. The van der Waals surface area contributed by atoms with E-state index in [1.807, 2.05) is 53.4 Å². The summed E-state index contributed by atoms with van der Waals surface area (Å²) >= 11 is 0. The number of ether oxygens (including phenoxy) is 3. The second-order valence-electron chi connectivity index (χ2n) is 13.7. The number of rotatable bonds is 15. The highest BCUT2D eigenvalue weighted by Crippen LogP contribution is 2.41. The molecule has 9 nitrogen and oxygen atoms in total. The van der Waals surface area contributed by atoms with Crippen LogP contribution in [0, 0.1) is 5.92 Å². The average Bonchev–Trinajstić information content (AvgIpc) is 3.65. The number of fused-ring (bicyclic) bond motifs is 1. The Morgan fingerprint density at radius 1 is 1.04 bits per heavy atom. The Balaban J connectivity index is 1.42. The number of hydrogen-bond acceptors (Lipinski definition) is 6.